The van der Waals surface area contributed by atoms with Gasteiger partial charge in [-0.3, -0.25) is 9.59 Å². The summed E-state index contributed by atoms with van der Waals surface area (Å²) in [5.41, 5.74) is 0. The second-order valence-corrected chi connectivity index (χ2v) is 4.13. The number of hydrogen-bond acceptors (Lipinski definition) is 3. The zero-order valence-electron chi connectivity index (χ0n) is 9.90. The second kappa shape index (κ2) is 5.84. The van der Waals surface area contributed by atoms with Crippen LogP contribution in [0.4, 0.5) is 0 Å². The van der Waals surface area contributed by atoms with Gasteiger partial charge in [-0.2, -0.15) is 0 Å². The van der Waals surface area contributed by atoms with Gasteiger partial charge in [0, 0.05) is 19.5 Å². The molecule has 1 unspecified atom stereocenters. The Labute approximate surface area is 95.8 Å². The molecule has 0 aromatic carbocycles. The highest BCUT2D eigenvalue weighted by Crippen LogP contribution is 2.17. The molecule has 16 heavy (non-hydrogen) atoms. The Morgan fingerprint density at radius 3 is 2.75 bits per heavy atom. The Morgan fingerprint density at radius 1 is 1.62 bits per heavy atom. The van der Waals surface area contributed by atoms with Gasteiger partial charge in [0.05, 0.1) is 18.6 Å². The molecule has 0 aliphatic carbocycles. The van der Waals surface area contributed by atoms with Crippen molar-refractivity contribution in [2.45, 2.75) is 32.7 Å². The monoisotopic (exact) mass is 228 g/mol. The summed E-state index contributed by atoms with van der Waals surface area (Å²) in [5.74, 6) is -0.335. The molecule has 2 atom stereocenters. The second-order valence-electron chi connectivity index (χ2n) is 4.13. The average Bonchev–Trinajstić information content (AvgIpc) is 2.67. The van der Waals surface area contributed by atoms with Gasteiger partial charge in [0.2, 0.25) is 11.8 Å². The number of nitrogens with zero attached hydrogens (tertiary/aromatic N) is 1. The lowest BCUT2D eigenvalue weighted by Crippen LogP contribution is -2.41. The average molecular weight is 228 g/mol. The smallest absolute Gasteiger partial charge is 0.225 e. The van der Waals surface area contributed by atoms with E-state index in [1.165, 1.54) is 0 Å². The third-order valence-electron chi connectivity index (χ3n) is 3.03. The van der Waals surface area contributed by atoms with Crippen molar-refractivity contribution < 1.29 is 14.7 Å². The van der Waals surface area contributed by atoms with Crippen molar-refractivity contribution in [2.75, 3.05) is 19.7 Å². The fourth-order valence-electron chi connectivity index (χ4n) is 1.85. The molecule has 0 radical (unpaired) electrons. The fourth-order valence-corrected chi connectivity index (χ4v) is 1.85. The first kappa shape index (κ1) is 13.0. The van der Waals surface area contributed by atoms with E-state index < -0.39 is 0 Å². The summed E-state index contributed by atoms with van der Waals surface area (Å²) in [5, 5.41) is 11.7. The third-order valence-corrected chi connectivity index (χ3v) is 3.03. The Balaban J connectivity index is 2.47. The molecule has 2 N–H and O–H groups in total. The van der Waals surface area contributed by atoms with E-state index in [0.717, 1.165) is 0 Å². The maximum absolute atomic E-state index is 11.8. The van der Waals surface area contributed by atoms with Crippen LogP contribution in [0.1, 0.15) is 26.7 Å². The van der Waals surface area contributed by atoms with Gasteiger partial charge in [-0.15, -0.1) is 0 Å². The summed E-state index contributed by atoms with van der Waals surface area (Å²) in [6, 6.07) is -0.196. The first-order chi connectivity index (χ1) is 7.62. The minimum atomic E-state index is -0.256. The number of nitrogens with one attached hydrogen (secondary N) is 1. The third kappa shape index (κ3) is 2.95. The lowest BCUT2D eigenvalue weighted by molar-refractivity contribution is -0.129. The van der Waals surface area contributed by atoms with E-state index in [1.807, 2.05) is 13.8 Å². The van der Waals surface area contributed by atoms with Crippen LogP contribution in [0.3, 0.4) is 0 Å². The van der Waals surface area contributed by atoms with Crippen molar-refractivity contribution in [3.63, 3.8) is 0 Å². The number of aliphatic hydroxyl groups excluding tert-OH is 1. The first-order valence-electron chi connectivity index (χ1n) is 5.81. The fraction of sp³-hybridized carbons (Fsp3) is 0.818. The molecule has 2 amide bonds. The lowest BCUT2D eigenvalue weighted by Gasteiger charge is -2.17. The number of amides is 2. The Bertz CT molecular complexity index is 264. The van der Waals surface area contributed by atoms with Crippen molar-refractivity contribution in [3.8, 4) is 0 Å². The topological polar surface area (TPSA) is 69.6 Å². The lowest BCUT2D eigenvalue weighted by atomic mass is 10.1. The number of likely N-dealkylation sites (tertiary alicyclic amines) is 1. The molecule has 1 aliphatic rings. The number of carbonyl (C=O) groups is 2. The highest BCUT2D eigenvalue weighted by Gasteiger charge is 2.33. The molecule has 0 bridgehead atoms. The van der Waals surface area contributed by atoms with Crippen molar-refractivity contribution >= 4 is 11.8 Å². The van der Waals surface area contributed by atoms with Crippen LogP contribution in [0.5, 0.6) is 0 Å². The van der Waals surface area contributed by atoms with Crippen LogP contribution in [0.2, 0.25) is 0 Å². The van der Waals surface area contributed by atoms with Crippen molar-refractivity contribution in [2.24, 2.45) is 5.92 Å². The molecule has 5 nitrogen and oxygen atoms in total. The minimum Gasteiger partial charge on any atom is -0.394 e. The van der Waals surface area contributed by atoms with Gasteiger partial charge < -0.3 is 15.3 Å². The highest BCUT2D eigenvalue weighted by atomic mass is 16.3. The van der Waals surface area contributed by atoms with Gasteiger partial charge in [0.25, 0.3) is 0 Å². The SMILES string of the molecule is CC[C@@H](CO)NC(=O)C1CC(=O)N(CC)C1. The van der Waals surface area contributed by atoms with Gasteiger partial charge >= 0.3 is 0 Å². The van der Waals surface area contributed by atoms with Crippen molar-refractivity contribution in [1.82, 2.24) is 10.2 Å². The van der Waals surface area contributed by atoms with E-state index in [1.54, 1.807) is 4.90 Å². The Morgan fingerprint density at radius 2 is 2.31 bits per heavy atom. The molecular formula is C11H20N2O3. The zero-order chi connectivity index (χ0) is 12.1. The molecule has 1 rings (SSSR count). The van der Waals surface area contributed by atoms with Gasteiger partial charge in [0.1, 0.15) is 0 Å². The highest BCUT2D eigenvalue weighted by molar-refractivity contribution is 5.89. The molecule has 1 saturated heterocycles. The molecule has 1 heterocycles. The predicted molar refractivity (Wildman–Crippen MR) is 59.7 cm³/mol. The normalized spacial score (nSPS) is 22.3. The van der Waals surface area contributed by atoms with Crippen molar-refractivity contribution in [3.05, 3.63) is 0 Å². The quantitative estimate of drug-likeness (QED) is 0.681. The van der Waals surface area contributed by atoms with Crippen LogP contribution < -0.4 is 5.32 Å². The summed E-state index contributed by atoms with van der Waals surface area (Å²) in [6.45, 7) is 4.91. The van der Waals surface area contributed by atoms with Crippen LogP contribution in [-0.4, -0.2) is 47.6 Å². The van der Waals surface area contributed by atoms with Crippen LogP contribution in [-0.2, 0) is 9.59 Å². The standard InChI is InChI=1S/C11H20N2O3/c1-3-9(7-14)12-11(16)8-5-10(15)13(4-2)6-8/h8-9,14H,3-7H2,1-2H3,(H,12,16)/t8?,9-/m0/s1. The van der Waals surface area contributed by atoms with Gasteiger partial charge in [-0.05, 0) is 13.3 Å². The predicted octanol–water partition coefficient (Wildman–Crippen LogP) is -0.258. The molecule has 0 aromatic heterocycles. The van der Waals surface area contributed by atoms with E-state index in [-0.39, 0.29) is 30.4 Å². The van der Waals surface area contributed by atoms with Crippen molar-refractivity contribution in [1.29, 1.82) is 0 Å². The number of hydrogen-bond donors (Lipinski definition) is 2. The minimum absolute atomic E-state index is 0.0414. The van der Waals surface area contributed by atoms with E-state index in [2.05, 4.69) is 5.32 Å². The molecule has 0 saturated carbocycles. The number of carbonyl (C=O) groups excluding carboxylic acids is 2. The van der Waals surface area contributed by atoms with Gasteiger partial charge in [-0.1, -0.05) is 6.92 Å². The number of rotatable bonds is 5. The van der Waals surface area contributed by atoms with Gasteiger partial charge in [-0.25, -0.2) is 0 Å². The van der Waals surface area contributed by atoms with Crippen LogP contribution in [0.15, 0.2) is 0 Å². The summed E-state index contributed by atoms with van der Waals surface area (Å²) in [6.07, 6.45) is 0.988. The van der Waals surface area contributed by atoms with Crippen LogP contribution in [0.25, 0.3) is 0 Å². The molecule has 0 spiro atoms. The summed E-state index contributed by atoms with van der Waals surface area (Å²) in [7, 11) is 0. The first-order valence-corrected chi connectivity index (χ1v) is 5.81. The summed E-state index contributed by atoms with van der Waals surface area (Å²) >= 11 is 0. The molecule has 1 aliphatic heterocycles. The Kier molecular flexibility index (Phi) is 4.73. The molecule has 0 aromatic rings. The van der Waals surface area contributed by atoms with Crippen LogP contribution >= 0.6 is 0 Å². The maximum Gasteiger partial charge on any atom is 0.225 e. The van der Waals surface area contributed by atoms with E-state index in [0.29, 0.717) is 25.9 Å². The van der Waals surface area contributed by atoms with E-state index in [9.17, 15) is 9.59 Å². The van der Waals surface area contributed by atoms with Gasteiger partial charge in [0.15, 0.2) is 0 Å². The summed E-state index contributed by atoms with van der Waals surface area (Å²) < 4.78 is 0. The largest absolute Gasteiger partial charge is 0.394 e. The van der Waals surface area contributed by atoms with E-state index >= 15 is 0 Å². The molecular weight excluding hydrogens is 208 g/mol. The molecule has 92 valence electrons. The zero-order valence-corrected chi connectivity index (χ0v) is 9.90. The molecule has 1 fully saturated rings. The maximum atomic E-state index is 11.8. The molecule has 5 heteroatoms. The number of aliphatic hydroxyl groups is 1. The van der Waals surface area contributed by atoms with E-state index in [4.69, 9.17) is 5.11 Å². The van der Waals surface area contributed by atoms with Crippen LogP contribution in [0, 0.1) is 5.92 Å². The Hall–Kier alpha value is -1.10. The summed E-state index contributed by atoms with van der Waals surface area (Å²) in [4.78, 5) is 24.9.